The highest BCUT2D eigenvalue weighted by atomic mass is 127. The minimum absolute atomic E-state index is 0.00128. The van der Waals surface area contributed by atoms with Gasteiger partial charge in [0, 0.05) is 34.4 Å². The highest BCUT2D eigenvalue weighted by Gasteiger charge is 2.32. The van der Waals surface area contributed by atoms with E-state index in [0.717, 1.165) is 9.13 Å². The number of carbonyl (C=O) groups excluding carboxylic acids is 2. The summed E-state index contributed by atoms with van der Waals surface area (Å²) in [5.74, 6) is -0.130. The van der Waals surface area contributed by atoms with Gasteiger partial charge in [0.1, 0.15) is 0 Å². The molecule has 1 aromatic heterocycles. The molecule has 1 saturated heterocycles. The number of nitrogens with zero attached hydrogens (tertiary/aromatic N) is 2. The Kier molecular flexibility index (Phi) is 4.65. The first-order valence-electron chi connectivity index (χ1n) is 7.37. The van der Waals surface area contributed by atoms with Crippen molar-refractivity contribution in [3.8, 4) is 0 Å². The first-order chi connectivity index (χ1) is 11.0. The van der Waals surface area contributed by atoms with E-state index in [-0.39, 0.29) is 23.9 Å². The molecule has 0 spiro atoms. The van der Waals surface area contributed by atoms with Gasteiger partial charge in [-0.2, -0.15) is 5.10 Å². The number of benzene rings is 1. The number of aryl methyl sites for hydroxylation is 1. The molecule has 2 amide bonds. The Balaban J connectivity index is 1.77. The van der Waals surface area contributed by atoms with E-state index in [0.29, 0.717) is 18.4 Å². The van der Waals surface area contributed by atoms with Gasteiger partial charge in [0.15, 0.2) is 0 Å². The van der Waals surface area contributed by atoms with Gasteiger partial charge in [-0.1, -0.05) is 0 Å². The maximum absolute atomic E-state index is 12.4. The topological polar surface area (TPSA) is 76.0 Å². The van der Waals surface area contributed by atoms with E-state index in [4.69, 9.17) is 0 Å². The summed E-state index contributed by atoms with van der Waals surface area (Å²) in [5, 5.41) is 10.1. The van der Waals surface area contributed by atoms with Gasteiger partial charge in [-0.15, -0.1) is 0 Å². The summed E-state index contributed by atoms with van der Waals surface area (Å²) in [7, 11) is 1.83. The van der Waals surface area contributed by atoms with Crippen LogP contribution in [0.4, 0.5) is 0 Å². The summed E-state index contributed by atoms with van der Waals surface area (Å²) in [5.41, 5.74) is 1.51. The van der Waals surface area contributed by atoms with Gasteiger partial charge >= 0.3 is 0 Å². The van der Waals surface area contributed by atoms with Crippen LogP contribution in [-0.4, -0.2) is 27.6 Å². The molecule has 1 aliphatic heterocycles. The summed E-state index contributed by atoms with van der Waals surface area (Å²) in [6, 6.07) is 7.00. The number of aromatic nitrogens is 2. The van der Waals surface area contributed by atoms with Gasteiger partial charge in [-0.25, -0.2) is 0 Å². The second-order valence-electron chi connectivity index (χ2n) is 5.62. The van der Waals surface area contributed by atoms with Crippen LogP contribution in [-0.2, 0) is 11.8 Å². The van der Waals surface area contributed by atoms with Crippen molar-refractivity contribution >= 4 is 34.4 Å². The zero-order chi connectivity index (χ0) is 16.4. The molecule has 3 rings (SSSR count). The number of hydrogen-bond donors (Lipinski definition) is 2. The van der Waals surface area contributed by atoms with Crippen molar-refractivity contribution in [1.82, 2.24) is 20.4 Å². The van der Waals surface area contributed by atoms with Crippen molar-refractivity contribution in [1.29, 1.82) is 0 Å². The number of nitrogens with one attached hydrogen (secondary N) is 2. The minimum atomic E-state index is -0.252. The standard InChI is InChI=1S/C16H17IN4O2/c1-21-9-11(8-18-21)15-13(6-7-14(22)20-15)19-16(23)10-2-4-12(17)5-3-10/h2-5,8-9,13,15H,6-7H2,1H3,(H,19,23)(H,20,22)/t13-,15+/m0/s1. The lowest BCUT2D eigenvalue weighted by Crippen LogP contribution is -2.50. The van der Waals surface area contributed by atoms with E-state index in [1.165, 1.54) is 0 Å². The fourth-order valence-corrected chi connectivity index (χ4v) is 3.08. The van der Waals surface area contributed by atoms with Gasteiger partial charge in [-0.3, -0.25) is 14.3 Å². The molecular formula is C16H17IN4O2. The molecule has 6 nitrogen and oxygen atoms in total. The van der Waals surface area contributed by atoms with Crippen molar-refractivity contribution in [3.05, 3.63) is 51.4 Å². The number of amides is 2. The lowest BCUT2D eigenvalue weighted by Gasteiger charge is -2.32. The molecule has 2 N–H and O–H groups in total. The van der Waals surface area contributed by atoms with Gasteiger partial charge < -0.3 is 10.6 Å². The van der Waals surface area contributed by atoms with Crippen LogP contribution in [0, 0.1) is 3.57 Å². The zero-order valence-electron chi connectivity index (χ0n) is 12.6. The molecule has 2 aromatic rings. The molecule has 1 aromatic carbocycles. The van der Waals surface area contributed by atoms with Gasteiger partial charge in [0.2, 0.25) is 5.91 Å². The quantitative estimate of drug-likeness (QED) is 0.738. The Labute approximate surface area is 147 Å². The van der Waals surface area contributed by atoms with Crippen molar-refractivity contribution in [2.75, 3.05) is 0 Å². The van der Waals surface area contributed by atoms with Crippen molar-refractivity contribution in [3.63, 3.8) is 0 Å². The van der Waals surface area contributed by atoms with Crippen LogP contribution in [0.15, 0.2) is 36.7 Å². The minimum Gasteiger partial charge on any atom is -0.347 e. The molecule has 0 saturated carbocycles. The average molecular weight is 424 g/mol. The van der Waals surface area contributed by atoms with Crippen LogP contribution in [0.1, 0.15) is 34.8 Å². The Morgan fingerprint density at radius 3 is 2.78 bits per heavy atom. The Bertz CT molecular complexity index is 726. The highest BCUT2D eigenvalue weighted by molar-refractivity contribution is 14.1. The Hall–Kier alpha value is -1.90. The second-order valence-corrected chi connectivity index (χ2v) is 6.86. The average Bonchev–Trinajstić information content (AvgIpc) is 2.96. The van der Waals surface area contributed by atoms with Crippen LogP contribution < -0.4 is 10.6 Å². The first kappa shape index (κ1) is 16.0. The fourth-order valence-electron chi connectivity index (χ4n) is 2.72. The lowest BCUT2D eigenvalue weighted by molar-refractivity contribution is -0.123. The molecule has 1 aliphatic rings. The molecule has 1 fully saturated rings. The van der Waals surface area contributed by atoms with Crippen molar-refractivity contribution in [2.24, 2.45) is 7.05 Å². The third-order valence-corrected chi connectivity index (χ3v) is 4.63. The summed E-state index contributed by atoms with van der Waals surface area (Å²) < 4.78 is 2.77. The number of rotatable bonds is 3. The lowest BCUT2D eigenvalue weighted by atomic mass is 9.93. The van der Waals surface area contributed by atoms with Gasteiger partial charge in [0.05, 0.1) is 18.3 Å². The third kappa shape index (κ3) is 3.72. The molecule has 0 unspecified atom stereocenters. The van der Waals surface area contributed by atoms with E-state index in [2.05, 4.69) is 38.3 Å². The molecule has 2 heterocycles. The molecule has 0 bridgehead atoms. The smallest absolute Gasteiger partial charge is 0.251 e. The highest BCUT2D eigenvalue weighted by Crippen LogP contribution is 2.24. The maximum atomic E-state index is 12.4. The van der Waals surface area contributed by atoms with E-state index in [1.54, 1.807) is 23.0 Å². The summed E-state index contributed by atoms with van der Waals surface area (Å²) in [6.45, 7) is 0. The number of hydrogen-bond acceptors (Lipinski definition) is 3. The summed E-state index contributed by atoms with van der Waals surface area (Å²) in [6.07, 6.45) is 4.61. The number of piperidine rings is 1. The van der Waals surface area contributed by atoms with Crippen molar-refractivity contribution < 1.29 is 9.59 Å². The van der Waals surface area contributed by atoms with Gasteiger partial charge in [0.25, 0.3) is 5.91 Å². The van der Waals surface area contributed by atoms with Gasteiger partial charge in [-0.05, 0) is 53.3 Å². The summed E-state index contributed by atoms with van der Waals surface area (Å²) >= 11 is 2.20. The second kappa shape index (κ2) is 6.69. The molecule has 7 heteroatoms. The van der Waals surface area contributed by atoms with Crippen LogP contribution in [0.25, 0.3) is 0 Å². The largest absolute Gasteiger partial charge is 0.347 e. The normalized spacial score (nSPS) is 20.9. The Morgan fingerprint density at radius 2 is 2.13 bits per heavy atom. The third-order valence-electron chi connectivity index (χ3n) is 3.91. The number of carbonyl (C=O) groups is 2. The van der Waals surface area contributed by atoms with E-state index >= 15 is 0 Å². The van der Waals surface area contributed by atoms with Crippen LogP contribution in [0.5, 0.6) is 0 Å². The Morgan fingerprint density at radius 1 is 1.39 bits per heavy atom. The predicted molar refractivity (Wildman–Crippen MR) is 93.7 cm³/mol. The molecule has 120 valence electrons. The first-order valence-corrected chi connectivity index (χ1v) is 8.45. The molecule has 23 heavy (non-hydrogen) atoms. The SMILES string of the molecule is Cn1cc([C@H]2NC(=O)CC[C@@H]2NC(=O)c2ccc(I)cc2)cn1. The zero-order valence-corrected chi connectivity index (χ0v) is 14.8. The van der Waals surface area contributed by atoms with Crippen LogP contribution >= 0.6 is 22.6 Å². The maximum Gasteiger partial charge on any atom is 0.251 e. The molecule has 0 radical (unpaired) electrons. The fraction of sp³-hybridized carbons (Fsp3) is 0.312. The van der Waals surface area contributed by atoms with Crippen molar-refractivity contribution in [2.45, 2.75) is 24.9 Å². The van der Waals surface area contributed by atoms with Crippen LogP contribution in [0.3, 0.4) is 0 Å². The molecular weight excluding hydrogens is 407 g/mol. The van der Waals surface area contributed by atoms with E-state index in [1.807, 2.05) is 25.4 Å². The predicted octanol–water partition coefficient (Wildman–Crippen LogP) is 1.77. The molecule has 2 atom stereocenters. The van der Waals surface area contributed by atoms with E-state index < -0.39 is 0 Å². The van der Waals surface area contributed by atoms with Crippen LogP contribution in [0.2, 0.25) is 0 Å². The number of halogens is 1. The van der Waals surface area contributed by atoms with E-state index in [9.17, 15) is 9.59 Å². The monoisotopic (exact) mass is 424 g/mol. The molecule has 0 aliphatic carbocycles. The summed E-state index contributed by atoms with van der Waals surface area (Å²) in [4.78, 5) is 24.2.